The summed E-state index contributed by atoms with van der Waals surface area (Å²) in [5, 5.41) is 8.76. The van der Waals surface area contributed by atoms with E-state index in [1.807, 2.05) is 0 Å². The molecule has 1 N–H and O–H groups in total. The molecule has 0 heterocycles. The van der Waals surface area contributed by atoms with Gasteiger partial charge in [-0.1, -0.05) is 0 Å². The van der Waals surface area contributed by atoms with Crippen LogP contribution in [0, 0.1) is 5.92 Å². The van der Waals surface area contributed by atoms with Crippen molar-refractivity contribution in [2.75, 3.05) is 42.7 Å². The highest BCUT2D eigenvalue weighted by Gasteiger charge is 2.20. The lowest BCUT2D eigenvalue weighted by molar-refractivity contribution is -0.138. The molecule has 1 aliphatic rings. The molecule has 0 atom stereocenters. The molecule has 29 heavy (non-hydrogen) atoms. The van der Waals surface area contributed by atoms with Crippen LogP contribution in [0.15, 0.2) is 35.8 Å². The van der Waals surface area contributed by atoms with E-state index in [0.29, 0.717) is 40.8 Å². The van der Waals surface area contributed by atoms with Crippen LogP contribution in [0.3, 0.4) is 0 Å². The molecule has 0 unspecified atom stereocenters. The summed E-state index contributed by atoms with van der Waals surface area (Å²) in [6.45, 7) is 0. The zero-order chi connectivity index (χ0) is 22.0. The van der Waals surface area contributed by atoms with Crippen LogP contribution in [0.5, 0.6) is 17.2 Å². The normalized spacial score (nSPS) is 13.0. The third kappa shape index (κ3) is 6.34. The minimum Gasteiger partial charge on any atom is -0.501 e. The van der Waals surface area contributed by atoms with Gasteiger partial charge in [0.2, 0.25) is 5.75 Å². The first-order valence-electron chi connectivity index (χ1n) is 8.45. The molecule has 0 amide bonds. The monoisotopic (exact) mass is 410 g/mol. The maximum Gasteiger partial charge on any atom is 0.338 e. The Bertz CT molecular complexity index is 735. The maximum atomic E-state index is 11.4. The molecule has 0 saturated carbocycles. The number of aliphatic carboxylic acids is 1. The fourth-order valence-electron chi connectivity index (χ4n) is 2.48. The second-order valence-corrected chi connectivity index (χ2v) is 5.62. The van der Waals surface area contributed by atoms with E-state index in [1.54, 1.807) is 12.2 Å². The number of benzene rings is 1. The van der Waals surface area contributed by atoms with Gasteiger partial charge < -0.3 is 33.5 Å². The molecule has 160 valence electrons. The van der Waals surface area contributed by atoms with Crippen molar-refractivity contribution in [3.05, 3.63) is 41.4 Å². The summed E-state index contributed by atoms with van der Waals surface area (Å²) in [6, 6.07) is 3.07. The van der Waals surface area contributed by atoms with Crippen LogP contribution in [0.1, 0.15) is 16.8 Å². The number of rotatable bonds is 7. The summed E-state index contributed by atoms with van der Waals surface area (Å²) < 4.78 is 29.9. The Morgan fingerprint density at radius 2 is 1.31 bits per heavy atom. The third-order valence-electron chi connectivity index (χ3n) is 3.97. The van der Waals surface area contributed by atoms with Crippen LogP contribution in [-0.2, 0) is 19.0 Å². The number of carboxylic acids is 1. The number of hydrogen-bond acceptors (Lipinski definition) is 8. The summed E-state index contributed by atoms with van der Waals surface area (Å²) in [7, 11) is 8.81. The van der Waals surface area contributed by atoms with Crippen LogP contribution >= 0.6 is 0 Å². The minimum atomic E-state index is -0.899. The van der Waals surface area contributed by atoms with Gasteiger partial charge in [-0.2, -0.15) is 0 Å². The highest BCUT2D eigenvalue weighted by Crippen LogP contribution is 2.38. The van der Waals surface area contributed by atoms with Gasteiger partial charge in [-0.15, -0.1) is 0 Å². The predicted molar refractivity (Wildman–Crippen MR) is 103 cm³/mol. The Labute approximate surface area is 169 Å². The van der Waals surface area contributed by atoms with Crippen molar-refractivity contribution in [1.82, 2.24) is 0 Å². The largest absolute Gasteiger partial charge is 0.501 e. The fraction of sp³-hybridized carbons (Fsp3) is 0.400. The van der Waals surface area contributed by atoms with Crippen LogP contribution in [0.25, 0.3) is 0 Å². The Morgan fingerprint density at radius 3 is 1.62 bits per heavy atom. The summed E-state index contributed by atoms with van der Waals surface area (Å²) in [5.41, 5.74) is 0.344. The van der Waals surface area contributed by atoms with E-state index < -0.39 is 17.9 Å². The van der Waals surface area contributed by atoms with Crippen molar-refractivity contribution >= 4 is 11.9 Å². The number of hydrogen-bond donors (Lipinski definition) is 1. The van der Waals surface area contributed by atoms with Gasteiger partial charge >= 0.3 is 11.9 Å². The molecule has 1 aliphatic carbocycles. The number of ether oxygens (including phenoxy) is 6. The second-order valence-electron chi connectivity index (χ2n) is 5.62. The Kier molecular flexibility index (Phi) is 9.37. The van der Waals surface area contributed by atoms with E-state index in [1.165, 1.54) is 54.8 Å². The molecule has 0 saturated heterocycles. The molecular weight excluding hydrogens is 384 g/mol. The molecule has 0 bridgehead atoms. The number of carbonyl (C=O) groups is 2. The van der Waals surface area contributed by atoms with Crippen LogP contribution < -0.4 is 14.2 Å². The summed E-state index contributed by atoms with van der Waals surface area (Å²) in [4.78, 5) is 22.1. The van der Waals surface area contributed by atoms with Crippen molar-refractivity contribution in [2.24, 2.45) is 5.92 Å². The molecular formula is C20H26O9. The molecule has 0 radical (unpaired) electrons. The molecule has 0 aliphatic heterocycles. The van der Waals surface area contributed by atoms with E-state index >= 15 is 0 Å². The third-order valence-corrected chi connectivity index (χ3v) is 3.97. The SMILES string of the molecule is COC(=O)c1cc(OC)c(OC)c(OC)c1.COC1=CC(C(=O)O)C=C(OC)C1. The lowest BCUT2D eigenvalue weighted by Gasteiger charge is -2.16. The highest BCUT2D eigenvalue weighted by molar-refractivity contribution is 5.91. The summed E-state index contributed by atoms with van der Waals surface area (Å²) >= 11 is 0. The standard InChI is InChI=1S/C11H14O5.C9H12O4/c1-13-8-5-7(11(12)16-4)6-9(14-2)10(8)15-3;1-12-7-3-6(9(10)11)4-8(5-7)13-2/h5-6H,1-4H3;3-4,6H,5H2,1-2H3,(H,10,11). The first-order valence-corrected chi connectivity index (χ1v) is 8.45. The Hall–Kier alpha value is -3.36. The number of carboxylic acid groups (broad SMARTS) is 1. The van der Waals surface area contributed by atoms with Crippen LogP contribution in [-0.4, -0.2) is 59.7 Å². The van der Waals surface area contributed by atoms with Gasteiger partial charge in [-0.05, 0) is 24.3 Å². The first kappa shape index (κ1) is 23.7. The lowest BCUT2D eigenvalue weighted by Crippen LogP contribution is -2.14. The first-order chi connectivity index (χ1) is 13.8. The van der Waals surface area contributed by atoms with Crippen LogP contribution in [0.2, 0.25) is 0 Å². The van der Waals surface area contributed by atoms with E-state index in [0.717, 1.165) is 0 Å². The highest BCUT2D eigenvalue weighted by atomic mass is 16.5. The quantitative estimate of drug-likeness (QED) is 0.678. The number of esters is 1. The minimum absolute atomic E-state index is 0.344. The average molecular weight is 410 g/mol. The Morgan fingerprint density at radius 1 is 0.828 bits per heavy atom. The van der Waals surface area contributed by atoms with Crippen LogP contribution in [0.4, 0.5) is 0 Å². The number of methoxy groups -OCH3 is 6. The van der Waals surface area contributed by atoms with Gasteiger partial charge in [0, 0.05) is 0 Å². The summed E-state index contributed by atoms with van der Waals surface area (Å²) in [6.07, 6.45) is 3.67. The molecule has 2 rings (SSSR count). The van der Waals surface area contributed by atoms with Crippen molar-refractivity contribution in [2.45, 2.75) is 6.42 Å². The lowest BCUT2D eigenvalue weighted by atomic mass is 10.0. The van der Waals surface area contributed by atoms with E-state index in [-0.39, 0.29) is 0 Å². The van der Waals surface area contributed by atoms with Gasteiger partial charge in [0.15, 0.2) is 11.5 Å². The van der Waals surface area contributed by atoms with Crippen molar-refractivity contribution in [3.63, 3.8) is 0 Å². The van der Waals surface area contributed by atoms with E-state index in [4.69, 9.17) is 28.8 Å². The second kappa shape index (κ2) is 11.5. The van der Waals surface area contributed by atoms with Crippen molar-refractivity contribution in [3.8, 4) is 17.2 Å². The van der Waals surface area contributed by atoms with Gasteiger partial charge in [-0.25, -0.2) is 4.79 Å². The number of carbonyl (C=O) groups excluding carboxylic acids is 1. The molecule has 9 heteroatoms. The van der Waals surface area contributed by atoms with Gasteiger partial charge in [-0.3, -0.25) is 4.79 Å². The maximum absolute atomic E-state index is 11.4. The molecule has 9 nitrogen and oxygen atoms in total. The topological polar surface area (TPSA) is 110 Å². The molecule has 1 aromatic carbocycles. The molecule has 1 aromatic rings. The average Bonchev–Trinajstić information content (AvgIpc) is 2.77. The summed E-state index contributed by atoms with van der Waals surface area (Å²) in [5.74, 6) is 0.544. The van der Waals surface area contributed by atoms with Crippen molar-refractivity contribution in [1.29, 1.82) is 0 Å². The van der Waals surface area contributed by atoms with Gasteiger partial charge in [0.05, 0.1) is 60.6 Å². The zero-order valence-electron chi connectivity index (χ0n) is 17.3. The molecule has 0 spiro atoms. The van der Waals surface area contributed by atoms with Gasteiger partial charge in [0.25, 0.3) is 0 Å². The molecule has 0 aromatic heterocycles. The molecule has 0 fully saturated rings. The fourth-order valence-corrected chi connectivity index (χ4v) is 2.48. The van der Waals surface area contributed by atoms with E-state index in [2.05, 4.69) is 4.74 Å². The zero-order valence-corrected chi connectivity index (χ0v) is 17.3. The van der Waals surface area contributed by atoms with Gasteiger partial charge in [0.1, 0.15) is 11.5 Å². The predicted octanol–water partition coefficient (Wildman–Crippen LogP) is 2.65. The van der Waals surface area contributed by atoms with E-state index in [9.17, 15) is 9.59 Å². The smallest absolute Gasteiger partial charge is 0.338 e. The van der Waals surface area contributed by atoms with Crippen molar-refractivity contribution < 1.29 is 43.1 Å². The Balaban J connectivity index is 0.000000296.